The number of hydrogen-bond acceptors (Lipinski definition) is 6. The monoisotopic (exact) mass is 381 g/mol. The number of amidine groups is 1. The largest absolute Gasteiger partial charge is 0.459 e. The standard InChI is InChI=1S/C19H35N5O3/c1-6-15-8-7-10-22-17(15)23-24(13-11-21-14(2)25)12-9-16(20)18(26)27-19(3,4)5/h6,16H,7-13,20H2,1-5H3,(H,21,25)(H,22,23)/b15-6-/t16-/m0/s1. The minimum Gasteiger partial charge on any atom is -0.459 e. The van der Waals surface area contributed by atoms with E-state index in [0.29, 0.717) is 26.1 Å². The summed E-state index contributed by atoms with van der Waals surface area (Å²) in [5.41, 5.74) is 6.60. The van der Waals surface area contributed by atoms with Crippen LogP contribution < -0.4 is 16.4 Å². The molecule has 1 fully saturated rings. The lowest BCUT2D eigenvalue weighted by atomic mass is 10.1. The van der Waals surface area contributed by atoms with Gasteiger partial charge in [-0.05, 0) is 52.5 Å². The van der Waals surface area contributed by atoms with Crippen molar-refractivity contribution in [2.75, 3.05) is 26.2 Å². The van der Waals surface area contributed by atoms with Crippen LogP contribution in [0.4, 0.5) is 0 Å². The van der Waals surface area contributed by atoms with E-state index in [4.69, 9.17) is 15.6 Å². The Bertz CT molecular complexity index is 566. The fourth-order valence-corrected chi connectivity index (χ4v) is 2.60. The first-order chi connectivity index (χ1) is 12.6. The first-order valence-corrected chi connectivity index (χ1v) is 9.58. The molecule has 1 heterocycles. The number of carbonyl (C=O) groups excluding carboxylic acids is 2. The average molecular weight is 382 g/mol. The van der Waals surface area contributed by atoms with E-state index < -0.39 is 17.6 Å². The van der Waals surface area contributed by atoms with Gasteiger partial charge in [0.2, 0.25) is 5.91 Å². The number of esters is 1. The van der Waals surface area contributed by atoms with Crippen molar-refractivity contribution in [3.05, 3.63) is 11.6 Å². The molecule has 0 bridgehead atoms. The first-order valence-electron chi connectivity index (χ1n) is 9.58. The second kappa shape index (κ2) is 10.9. The predicted octanol–water partition coefficient (Wildman–Crippen LogP) is 1.13. The van der Waals surface area contributed by atoms with E-state index in [0.717, 1.165) is 25.2 Å². The predicted molar refractivity (Wildman–Crippen MR) is 107 cm³/mol. The molecule has 0 spiro atoms. The Balaban J connectivity index is 2.73. The van der Waals surface area contributed by atoms with Gasteiger partial charge in [0.25, 0.3) is 0 Å². The Morgan fingerprint density at radius 3 is 2.70 bits per heavy atom. The zero-order valence-electron chi connectivity index (χ0n) is 17.3. The topological polar surface area (TPSA) is 109 Å². The van der Waals surface area contributed by atoms with Crippen LogP contribution in [0.1, 0.15) is 53.9 Å². The van der Waals surface area contributed by atoms with Crippen LogP contribution in [0.3, 0.4) is 0 Å². The molecule has 1 atom stereocenters. The van der Waals surface area contributed by atoms with Crippen LogP contribution in [-0.4, -0.2) is 60.5 Å². The summed E-state index contributed by atoms with van der Waals surface area (Å²) in [5.74, 6) is 0.345. The van der Waals surface area contributed by atoms with Crippen molar-refractivity contribution < 1.29 is 14.3 Å². The maximum absolute atomic E-state index is 12.1. The number of hydrogen-bond donors (Lipinski definition) is 3. The molecule has 0 aromatic heterocycles. The number of nitrogens with one attached hydrogen (secondary N) is 2. The van der Waals surface area contributed by atoms with Gasteiger partial charge in [0.15, 0.2) is 0 Å². The summed E-state index contributed by atoms with van der Waals surface area (Å²) >= 11 is 0. The van der Waals surface area contributed by atoms with Crippen molar-refractivity contribution in [2.45, 2.75) is 65.5 Å². The van der Waals surface area contributed by atoms with E-state index in [2.05, 4.69) is 16.7 Å². The highest BCUT2D eigenvalue weighted by atomic mass is 16.6. The molecule has 8 heteroatoms. The van der Waals surface area contributed by atoms with Crippen molar-refractivity contribution in [3.8, 4) is 0 Å². The van der Waals surface area contributed by atoms with Gasteiger partial charge in [-0.2, -0.15) is 5.10 Å². The van der Waals surface area contributed by atoms with Crippen molar-refractivity contribution in [1.82, 2.24) is 15.6 Å². The van der Waals surface area contributed by atoms with Gasteiger partial charge in [0.1, 0.15) is 17.5 Å². The highest BCUT2D eigenvalue weighted by Crippen LogP contribution is 2.13. The van der Waals surface area contributed by atoms with Crippen LogP contribution in [0.15, 0.2) is 16.8 Å². The Morgan fingerprint density at radius 1 is 1.41 bits per heavy atom. The number of ether oxygens (including phenoxy) is 1. The molecule has 1 rings (SSSR count). The van der Waals surface area contributed by atoms with E-state index in [1.54, 1.807) is 0 Å². The molecule has 4 N–H and O–H groups in total. The van der Waals surface area contributed by atoms with Crippen molar-refractivity contribution in [2.24, 2.45) is 10.8 Å². The molecule has 1 saturated heterocycles. The highest BCUT2D eigenvalue weighted by molar-refractivity contribution is 5.98. The average Bonchev–Trinajstić information content (AvgIpc) is 2.57. The van der Waals surface area contributed by atoms with Gasteiger partial charge in [-0.3, -0.25) is 14.6 Å². The molecule has 1 amide bonds. The third-order valence-electron chi connectivity index (χ3n) is 3.96. The summed E-state index contributed by atoms with van der Waals surface area (Å²) in [7, 11) is 0. The molecule has 0 unspecified atom stereocenters. The zero-order chi connectivity index (χ0) is 20.4. The molecule has 27 heavy (non-hydrogen) atoms. The number of rotatable bonds is 8. The van der Waals surface area contributed by atoms with Crippen LogP contribution in [0.5, 0.6) is 0 Å². The second-order valence-corrected chi connectivity index (χ2v) is 7.66. The lowest BCUT2D eigenvalue weighted by molar-refractivity contribution is -0.156. The zero-order valence-corrected chi connectivity index (χ0v) is 17.3. The van der Waals surface area contributed by atoms with Gasteiger partial charge in [0.05, 0.1) is 6.54 Å². The molecule has 154 valence electrons. The quantitative estimate of drug-likeness (QED) is 0.429. The Labute approximate surface area is 162 Å². The number of amides is 1. The molecule has 8 nitrogen and oxygen atoms in total. The maximum Gasteiger partial charge on any atom is 0.323 e. The van der Waals surface area contributed by atoms with Gasteiger partial charge >= 0.3 is 5.97 Å². The first kappa shape index (κ1) is 23.0. The van der Waals surface area contributed by atoms with E-state index in [9.17, 15) is 9.59 Å². The van der Waals surface area contributed by atoms with Crippen molar-refractivity contribution in [3.63, 3.8) is 0 Å². The third-order valence-corrected chi connectivity index (χ3v) is 3.96. The van der Waals surface area contributed by atoms with E-state index >= 15 is 0 Å². The molecule has 0 saturated carbocycles. The van der Waals surface area contributed by atoms with Gasteiger partial charge in [0, 0.05) is 26.6 Å². The number of piperidine rings is 1. The van der Waals surface area contributed by atoms with E-state index in [1.807, 2.05) is 32.7 Å². The molecule has 1 aliphatic rings. The summed E-state index contributed by atoms with van der Waals surface area (Å²) in [6.07, 6.45) is 4.54. The molecule has 0 aliphatic carbocycles. The number of hydrazone groups is 1. The third kappa shape index (κ3) is 9.42. The fraction of sp³-hybridized carbons (Fsp3) is 0.737. The molecule has 0 aromatic carbocycles. The molecular weight excluding hydrogens is 346 g/mol. The van der Waals surface area contributed by atoms with Gasteiger partial charge in [-0.25, -0.2) is 0 Å². The number of nitrogens with zero attached hydrogens (tertiary/aromatic N) is 2. The van der Waals surface area contributed by atoms with Crippen molar-refractivity contribution >= 4 is 17.7 Å². The fourth-order valence-electron chi connectivity index (χ4n) is 2.60. The van der Waals surface area contributed by atoms with Gasteiger partial charge in [-0.1, -0.05) is 6.08 Å². The number of carbonyl (C=O) groups is 2. The molecule has 0 aromatic rings. The maximum atomic E-state index is 12.1. The minimum absolute atomic E-state index is 0.0852. The molecular formula is C19H35N5O3. The SMILES string of the molecule is C/C=C1/CCCNC1=NN(CCNC(C)=O)CC[C@H](N)C(=O)OC(C)(C)C. The summed E-state index contributed by atoms with van der Waals surface area (Å²) in [4.78, 5) is 23.2. The Kier molecular flexibility index (Phi) is 9.28. The Hall–Kier alpha value is -2.09. The Morgan fingerprint density at radius 2 is 2.11 bits per heavy atom. The summed E-state index contributed by atoms with van der Waals surface area (Å²) in [6.45, 7) is 11.3. The van der Waals surface area contributed by atoms with Crippen LogP contribution in [0, 0.1) is 0 Å². The second-order valence-electron chi connectivity index (χ2n) is 7.66. The summed E-state index contributed by atoms with van der Waals surface area (Å²) < 4.78 is 5.33. The van der Waals surface area contributed by atoms with Gasteiger partial charge < -0.3 is 21.1 Å². The number of allylic oxidation sites excluding steroid dienone is 1. The smallest absolute Gasteiger partial charge is 0.323 e. The number of nitrogens with two attached hydrogens (primary N) is 1. The van der Waals surface area contributed by atoms with Crippen LogP contribution >= 0.6 is 0 Å². The lowest BCUT2D eigenvalue weighted by Crippen LogP contribution is -2.41. The van der Waals surface area contributed by atoms with Crippen LogP contribution in [-0.2, 0) is 14.3 Å². The molecule has 1 aliphatic heterocycles. The van der Waals surface area contributed by atoms with Crippen LogP contribution in [0.2, 0.25) is 0 Å². The van der Waals surface area contributed by atoms with E-state index in [-0.39, 0.29) is 5.91 Å². The normalized spacial score (nSPS) is 18.7. The van der Waals surface area contributed by atoms with Crippen molar-refractivity contribution in [1.29, 1.82) is 0 Å². The minimum atomic E-state index is -0.715. The van der Waals surface area contributed by atoms with Gasteiger partial charge in [-0.15, -0.1) is 0 Å². The summed E-state index contributed by atoms with van der Waals surface area (Å²) in [5, 5.41) is 12.6. The molecule has 0 radical (unpaired) electrons. The summed E-state index contributed by atoms with van der Waals surface area (Å²) in [6, 6.07) is -0.715. The lowest BCUT2D eigenvalue weighted by Gasteiger charge is -2.26. The highest BCUT2D eigenvalue weighted by Gasteiger charge is 2.23. The van der Waals surface area contributed by atoms with Crippen LogP contribution in [0.25, 0.3) is 0 Å². The van der Waals surface area contributed by atoms with E-state index in [1.165, 1.54) is 12.5 Å².